The number of rotatable bonds is 6. The Morgan fingerprint density at radius 1 is 1.45 bits per heavy atom. The number of likely N-dealkylation sites (tertiary alicyclic amines) is 1. The number of nitrogens with one attached hydrogen (secondary N) is 2. The summed E-state index contributed by atoms with van der Waals surface area (Å²) in [5.41, 5.74) is 1.20. The molecule has 124 valence electrons. The van der Waals surface area contributed by atoms with E-state index in [1.807, 2.05) is 18.4 Å². The average Bonchev–Trinajstić information content (AvgIpc) is 2.91. The first-order chi connectivity index (χ1) is 10.5. The van der Waals surface area contributed by atoms with Crippen LogP contribution in [0.3, 0.4) is 0 Å². The summed E-state index contributed by atoms with van der Waals surface area (Å²) < 4.78 is 0. The Bertz CT molecular complexity index is 470. The highest BCUT2D eigenvalue weighted by Crippen LogP contribution is 2.16. The normalized spacial score (nSPS) is 18.1. The maximum atomic E-state index is 11.7. The van der Waals surface area contributed by atoms with Crippen molar-refractivity contribution in [1.82, 2.24) is 15.5 Å². The number of thiophene rings is 1. The number of β-amino-alcohol motifs (C(OH)–C–C–N with tert-alkyl or cyclic N) is 1. The van der Waals surface area contributed by atoms with E-state index in [2.05, 4.69) is 22.5 Å². The molecule has 0 saturated carbocycles. The topological polar surface area (TPSA) is 64.6 Å². The zero-order valence-electron chi connectivity index (χ0n) is 13.5. The molecule has 0 bridgehead atoms. The minimum Gasteiger partial charge on any atom is -0.390 e. The van der Waals surface area contributed by atoms with E-state index in [1.165, 1.54) is 18.4 Å². The minimum atomic E-state index is -0.511. The van der Waals surface area contributed by atoms with Gasteiger partial charge in [-0.3, -0.25) is 0 Å². The van der Waals surface area contributed by atoms with Gasteiger partial charge in [-0.2, -0.15) is 0 Å². The van der Waals surface area contributed by atoms with Crippen LogP contribution in [0.5, 0.6) is 0 Å². The van der Waals surface area contributed by atoms with E-state index < -0.39 is 6.10 Å². The van der Waals surface area contributed by atoms with Crippen molar-refractivity contribution in [3.63, 3.8) is 0 Å². The molecule has 1 fully saturated rings. The summed E-state index contributed by atoms with van der Waals surface area (Å²) in [6.45, 7) is 7.86. The lowest BCUT2D eigenvalue weighted by atomic mass is 9.99. The van der Waals surface area contributed by atoms with Crippen LogP contribution < -0.4 is 10.6 Å². The average molecular weight is 325 g/mol. The van der Waals surface area contributed by atoms with Crippen molar-refractivity contribution in [3.8, 4) is 0 Å². The third kappa shape index (κ3) is 5.59. The van der Waals surface area contributed by atoms with Crippen LogP contribution in [0.4, 0.5) is 4.79 Å². The maximum Gasteiger partial charge on any atom is 0.315 e. The van der Waals surface area contributed by atoms with Gasteiger partial charge in [-0.05, 0) is 55.8 Å². The minimum absolute atomic E-state index is 0.223. The molecule has 1 aromatic rings. The number of hydrogen-bond acceptors (Lipinski definition) is 4. The van der Waals surface area contributed by atoms with Gasteiger partial charge in [-0.1, -0.05) is 6.92 Å². The molecule has 0 radical (unpaired) electrons. The molecule has 2 amide bonds. The van der Waals surface area contributed by atoms with Gasteiger partial charge in [-0.15, -0.1) is 11.3 Å². The number of hydrogen-bond donors (Lipinski definition) is 3. The molecule has 3 N–H and O–H groups in total. The molecular formula is C16H27N3O2S. The van der Waals surface area contributed by atoms with Gasteiger partial charge in [-0.25, -0.2) is 4.79 Å². The standard InChI is InChI=1S/C16H27N3O2S/c1-12-3-6-19(7-4-12)11-14(20)9-17-16(21)18-10-15-13(2)5-8-22-15/h5,8,12,14,20H,3-4,6-7,9-11H2,1-2H3,(H2,17,18,21). The van der Waals surface area contributed by atoms with Crippen LogP contribution in [-0.2, 0) is 6.54 Å². The molecule has 5 nitrogen and oxygen atoms in total. The van der Waals surface area contributed by atoms with E-state index in [0.717, 1.165) is 23.9 Å². The van der Waals surface area contributed by atoms with Gasteiger partial charge in [0, 0.05) is 18.0 Å². The van der Waals surface area contributed by atoms with Crippen molar-refractivity contribution in [1.29, 1.82) is 0 Å². The van der Waals surface area contributed by atoms with E-state index in [-0.39, 0.29) is 6.03 Å². The fourth-order valence-corrected chi connectivity index (χ4v) is 3.47. The SMILES string of the molecule is Cc1ccsc1CNC(=O)NCC(O)CN1CCC(C)CC1. The van der Waals surface area contributed by atoms with Crippen LogP contribution in [0.2, 0.25) is 0 Å². The van der Waals surface area contributed by atoms with E-state index in [9.17, 15) is 9.90 Å². The van der Waals surface area contributed by atoms with Crippen LogP contribution in [0.1, 0.15) is 30.2 Å². The quantitative estimate of drug-likeness (QED) is 0.749. The summed E-state index contributed by atoms with van der Waals surface area (Å²) in [5, 5.41) is 17.6. The second-order valence-corrected chi connectivity index (χ2v) is 7.23. The summed E-state index contributed by atoms with van der Waals surface area (Å²) in [6.07, 6.45) is 1.88. The van der Waals surface area contributed by atoms with Crippen LogP contribution in [0, 0.1) is 12.8 Å². The monoisotopic (exact) mass is 325 g/mol. The molecule has 2 rings (SSSR count). The predicted molar refractivity (Wildman–Crippen MR) is 90.1 cm³/mol. The number of piperidine rings is 1. The second kappa shape index (κ2) is 8.50. The lowest BCUT2D eigenvalue weighted by molar-refractivity contribution is 0.0920. The highest BCUT2D eigenvalue weighted by atomic mass is 32.1. The fourth-order valence-electron chi connectivity index (χ4n) is 2.63. The Kier molecular flexibility index (Phi) is 6.67. The number of carbonyl (C=O) groups is 1. The highest BCUT2D eigenvalue weighted by molar-refractivity contribution is 7.10. The van der Waals surface area contributed by atoms with E-state index in [4.69, 9.17) is 0 Å². The molecule has 1 saturated heterocycles. The van der Waals surface area contributed by atoms with Crippen LogP contribution in [0.15, 0.2) is 11.4 Å². The summed E-state index contributed by atoms with van der Waals surface area (Å²) in [4.78, 5) is 15.2. The van der Waals surface area contributed by atoms with Gasteiger partial charge in [0.15, 0.2) is 0 Å². The Balaban J connectivity index is 1.60. The van der Waals surface area contributed by atoms with Gasteiger partial charge in [0.1, 0.15) is 0 Å². The zero-order valence-corrected chi connectivity index (χ0v) is 14.3. The molecule has 1 aromatic heterocycles. The first kappa shape index (κ1) is 17.2. The number of aliphatic hydroxyl groups excluding tert-OH is 1. The third-order valence-corrected chi connectivity index (χ3v) is 5.24. The number of aryl methyl sites for hydroxylation is 1. The molecule has 1 atom stereocenters. The fraction of sp³-hybridized carbons (Fsp3) is 0.688. The molecule has 22 heavy (non-hydrogen) atoms. The smallest absolute Gasteiger partial charge is 0.315 e. The molecule has 1 unspecified atom stereocenters. The Morgan fingerprint density at radius 3 is 2.82 bits per heavy atom. The van der Waals surface area contributed by atoms with Crippen LogP contribution in [-0.4, -0.2) is 48.3 Å². The number of aliphatic hydroxyl groups is 1. The maximum absolute atomic E-state index is 11.7. The highest BCUT2D eigenvalue weighted by Gasteiger charge is 2.18. The van der Waals surface area contributed by atoms with Crippen molar-refractivity contribution in [2.75, 3.05) is 26.2 Å². The number of carbonyl (C=O) groups excluding carboxylic acids is 1. The van der Waals surface area contributed by atoms with Gasteiger partial charge in [0.05, 0.1) is 12.6 Å². The van der Waals surface area contributed by atoms with Crippen LogP contribution >= 0.6 is 11.3 Å². The Labute approximate surface area is 136 Å². The van der Waals surface area contributed by atoms with Crippen molar-refractivity contribution in [2.24, 2.45) is 5.92 Å². The Hall–Kier alpha value is -1.11. The first-order valence-electron chi connectivity index (χ1n) is 7.99. The Morgan fingerprint density at radius 2 is 2.18 bits per heavy atom. The van der Waals surface area contributed by atoms with Crippen molar-refractivity contribution < 1.29 is 9.90 Å². The molecule has 1 aliphatic heterocycles. The van der Waals surface area contributed by atoms with Gasteiger partial charge < -0.3 is 20.6 Å². The zero-order chi connectivity index (χ0) is 15.9. The van der Waals surface area contributed by atoms with Gasteiger partial charge in [0.2, 0.25) is 0 Å². The largest absolute Gasteiger partial charge is 0.390 e. The molecule has 0 spiro atoms. The molecule has 0 aromatic carbocycles. The van der Waals surface area contributed by atoms with Gasteiger partial charge in [0.25, 0.3) is 0 Å². The van der Waals surface area contributed by atoms with E-state index in [0.29, 0.717) is 19.6 Å². The summed E-state index contributed by atoms with van der Waals surface area (Å²) in [7, 11) is 0. The van der Waals surface area contributed by atoms with Crippen molar-refractivity contribution in [2.45, 2.75) is 39.3 Å². The summed E-state index contributed by atoms with van der Waals surface area (Å²) in [5.74, 6) is 0.790. The molecule has 6 heteroatoms. The molecule has 2 heterocycles. The molecule has 1 aliphatic rings. The summed E-state index contributed by atoms with van der Waals surface area (Å²) in [6, 6.07) is 1.82. The predicted octanol–water partition coefficient (Wildman–Crippen LogP) is 1.95. The molecular weight excluding hydrogens is 298 g/mol. The van der Waals surface area contributed by atoms with Crippen molar-refractivity contribution in [3.05, 3.63) is 21.9 Å². The lowest BCUT2D eigenvalue weighted by Crippen LogP contribution is -2.45. The lowest BCUT2D eigenvalue weighted by Gasteiger charge is -2.31. The van der Waals surface area contributed by atoms with E-state index >= 15 is 0 Å². The first-order valence-corrected chi connectivity index (χ1v) is 8.87. The number of nitrogens with zero attached hydrogens (tertiary/aromatic N) is 1. The number of amides is 2. The van der Waals surface area contributed by atoms with Gasteiger partial charge >= 0.3 is 6.03 Å². The van der Waals surface area contributed by atoms with Crippen molar-refractivity contribution >= 4 is 17.4 Å². The van der Waals surface area contributed by atoms with E-state index in [1.54, 1.807) is 11.3 Å². The third-order valence-electron chi connectivity index (χ3n) is 4.22. The second-order valence-electron chi connectivity index (χ2n) is 6.23. The number of urea groups is 1. The van der Waals surface area contributed by atoms with Crippen LogP contribution in [0.25, 0.3) is 0 Å². The summed E-state index contributed by atoms with van der Waals surface area (Å²) >= 11 is 1.64. The molecule has 0 aliphatic carbocycles.